The smallest absolute Gasteiger partial charge is 0.213 e. The minimum absolute atomic E-state index is 0.359. The van der Waals surface area contributed by atoms with E-state index < -0.39 is 0 Å². The van der Waals surface area contributed by atoms with Crippen LogP contribution in [0.5, 0.6) is 5.88 Å². The van der Waals surface area contributed by atoms with Gasteiger partial charge in [-0.25, -0.2) is 4.98 Å². The lowest BCUT2D eigenvalue weighted by Gasteiger charge is -2.55. The van der Waals surface area contributed by atoms with Gasteiger partial charge in [-0.15, -0.1) is 0 Å². The third kappa shape index (κ3) is 2.36. The maximum absolute atomic E-state index is 6.40. The van der Waals surface area contributed by atoms with Crippen LogP contribution in [-0.2, 0) is 0 Å². The first kappa shape index (κ1) is 14.8. The van der Waals surface area contributed by atoms with E-state index in [1.807, 2.05) is 18.5 Å². The molecular weight excluding hydrogens is 322 g/mol. The first-order chi connectivity index (χ1) is 12.8. The van der Waals surface area contributed by atoms with Crippen molar-refractivity contribution in [2.45, 2.75) is 18.9 Å². The summed E-state index contributed by atoms with van der Waals surface area (Å²) in [5.41, 5.74) is 3.49. The fourth-order valence-corrected chi connectivity index (χ4v) is 5.55. The van der Waals surface area contributed by atoms with Crippen LogP contribution in [0.3, 0.4) is 0 Å². The van der Waals surface area contributed by atoms with Gasteiger partial charge in [-0.2, -0.15) is 0 Å². The van der Waals surface area contributed by atoms with Crippen molar-refractivity contribution in [3.05, 3.63) is 48.8 Å². The lowest BCUT2D eigenvalue weighted by atomic mass is 9.66. The van der Waals surface area contributed by atoms with E-state index in [4.69, 9.17) is 4.74 Å². The van der Waals surface area contributed by atoms with E-state index in [-0.39, 0.29) is 0 Å². The van der Waals surface area contributed by atoms with Gasteiger partial charge in [-0.1, -0.05) is 6.07 Å². The van der Waals surface area contributed by atoms with Crippen molar-refractivity contribution in [3.63, 3.8) is 0 Å². The Labute approximate surface area is 153 Å². The van der Waals surface area contributed by atoms with Gasteiger partial charge < -0.3 is 14.6 Å². The van der Waals surface area contributed by atoms with Crippen LogP contribution in [0.1, 0.15) is 12.8 Å². The van der Waals surface area contributed by atoms with Crippen molar-refractivity contribution in [2.24, 2.45) is 17.8 Å². The van der Waals surface area contributed by atoms with Crippen LogP contribution in [0.4, 0.5) is 0 Å². The van der Waals surface area contributed by atoms with Crippen molar-refractivity contribution < 1.29 is 4.74 Å². The number of pyridine rings is 1. The normalized spacial score (nSPS) is 32.2. The molecule has 1 N–H and O–H groups in total. The van der Waals surface area contributed by atoms with Crippen LogP contribution < -0.4 is 4.74 Å². The molecule has 3 aromatic rings. The highest BCUT2D eigenvalue weighted by atomic mass is 16.5. The van der Waals surface area contributed by atoms with E-state index in [0.717, 1.165) is 17.4 Å². The molecule has 0 radical (unpaired) electrons. The van der Waals surface area contributed by atoms with Gasteiger partial charge in [-0.05, 0) is 54.0 Å². The number of fused-ring (bicyclic) bond motifs is 1. The van der Waals surface area contributed by atoms with E-state index in [9.17, 15) is 0 Å². The van der Waals surface area contributed by atoms with Gasteiger partial charge in [0.15, 0.2) is 0 Å². The molecule has 3 aliphatic heterocycles. The van der Waals surface area contributed by atoms with Gasteiger partial charge in [0.25, 0.3) is 0 Å². The van der Waals surface area contributed by atoms with Gasteiger partial charge in [0, 0.05) is 61.0 Å². The summed E-state index contributed by atoms with van der Waals surface area (Å²) in [5, 5.41) is 1.23. The third-order valence-electron chi connectivity index (χ3n) is 6.58. The maximum Gasteiger partial charge on any atom is 0.213 e. The SMILES string of the molecule is c1cc2cc(-c3ccc(OC4[C@@H]5CC6C[C@@H]4CN(C6)C5)nc3)ccc2[nH]1. The number of ether oxygens (including phenoxy) is 1. The van der Waals surface area contributed by atoms with Gasteiger partial charge in [0.1, 0.15) is 6.10 Å². The first-order valence-corrected chi connectivity index (χ1v) is 9.74. The summed E-state index contributed by atoms with van der Waals surface area (Å²) < 4.78 is 6.40. The molecule has 0 amide bonds. The van der Waals surface area contributed by atoms with Crippen LogP contribution in [0.25, 0.3) is 22.0 Å². The number of piperidine rings is 3. The molecule has 4 fully saturated rings. The third-order valence-corrected chi connectivity index (χ3v) is 6.58. The zero-order valence-electron chi connectivity index (χ0n) is 14.8. The molecule has 2 atom stereocenters. The molecule has 1 aromatic carbocycles. The highest BCUT2D eigenvalue weighted by Crippen LogP contribution is 2.44. The van der Waals surface area contributed by atoms with Crippen molar-refractivity contribution >= 4 is 10.9 Å². The Morgan fingerprint density at radius 3 is 2.58 bits per heavy atom. The molecule has 1 aliphatic carbocycles. The van der Waals surface area contributed by atoms with Crippen molar-refractivity contribution in [1.82, 2.24) is 14.9 Å². The second-order valence-electron chi connectivity index (χ2n) is 8.32. The maximum atomic E-state index is 6.40. The molecule has 4 heteroatoms. The van der Waals surface area contributed by atoms with Crippen LogP contribution in [-0.4, -0.2) is 40.6 Å². The number of benzene rings is 1. The average molecular weight is 345 g/mol. The standard InChI is InChI=1S/C22H23N3O/c1-3-20-16(5-6-23-20)9-15(1)17-2-4-21(24-10-17)26-22-18-7-14-8-19(22)13-25(11-14)12-18/h1-6,9-10,14,18-19,22-23H,7-8,11-13H2/t14?,18-,19-,22?/m1/s1. The summed E-state index contributed by atoms with van der Waals surface area (Å²) >= 11 is 0. The Bertz CT molecular complexity index is 917. The number of hydrogen-bond donors (Lipinski definition) is 1. The minimum Gasteiger partial charge on any atom is -0.474 e. The number of hydrogen-bond acceptors (Lipinski definition) is 3. The number of nitrogens with one attached hydrogen (secondary N) is 1. The molecule has 132 valence electrons. The molecule has 0 spiro atoms. The van der Waals surface area contributed by atoms with Crippen LogP contribution in [0.2, 0.25) is 0 Å². The van der Waals surface area contributed by atoms with Gasteiger partial charge in [0.05, 0.1) is 0 Å². The van der Waals surface area contributed by atoms with Crippen molar-refractivity contribution in [2.75, 3.05) is 19.6 Å². The molecule has 4 aliphatic rings. The Balaban J connectivity index is 1.23. The Morgan fingerprint density at radius 2 is 1.81 bits per heavy atom. The number of aromatic nitrogens is 2. The first-order valence-electron chi connectivity index (χ1n) is 9.74. The molecule has 3 saturated heterocycles. The van der Waals surface area contributed by atoms with E-state index >= 15 is 0 Å². The molecule has 0 unspecified atom stereocenters. The summed E-state index contributed by atoms with van der Waals surface area (Å²) in [5.74, 6) is 3.08. The zero-order valence-corrected chi connectivity index (χ0v) is 14.8. The predicted octanol–water partition coefficient (Wildman–Crippen LogP) is 3.95. The Morgan fingerprint density at radius 1 is 0.962 bits per heavy atom. The van der Waals surface area contributed by atoms with Crippen LogP contribution in [0, 0.1) is 17.8 Å². The van der Waals surface area contributed by atoms with E-state index in [1.54, 1.807) is 0 Å². The van der Waals surface area contributed by atoms with Crippen LogP contribution in [0.15, 0.2) is 48.8 Å². The minimum atomic E-state index is 0.359. The number of H-pyrrole nitrogens is 1. The largest absolute Gasteiger partial charge is 0.474 e. The molecule has 4 nitrogen and oxygen atoms in total. The molecule has 4 bridgehead atoms. The van der Waals surface area contributed by atoms with E-state index in [2.05, 4.69) is 45.2 Å². The molecule has 7 rings (SSSR count). The Hall–Kier alpha value is -2.33. The quantitative estimate of drug-likeness (QED) is 0.781. The van der Waals surface area contributed by atoms with Crippen molar-refractivity contribution in [3.8, 4) is 17.0 Å². The molecule has 1 saturated carbocycles. The number of nitrogens with zero attached hydrogens (tertiary/aromatic N) is 2. The summed E-state index contributed by atoms with van der Waals surface area (Å²) in [6, 6.07) is 12.8. The van der Waals surface area contributed by atoms with Gasteiger partial charge >= 0.3 is 0 Å². The zero-order chi connectivity index (χ0) is 17.1. The topological polar surface area (TPSA) is 41.1 Å². The van der Waals surface area contributed by atoms with E-state index in [0.29, 0.717) is 17.9 Å². The molecule has 26 heavy (non-hydrogen) atoms. The fraction of sp³-hybridized carbons (Fsp3) is 0.409. The molecule has 2 aromatic heterocycles. The lowest BCUT2D eigenvalue weighted by molar-refractivity contribution is -0.0997. The average Bonchev–Trinajstić information content (AvgIpc) is 3.12. The summed E-state index contributed by atoms with van der Waals surface area (Å²) in [4.78, 5) is 10.5. The predicted molar refractivity (Wildman–Crippen MR) is 102 cm³/mol. The molecular formula is C22H23N3O. The van der Waals surface area contributed by atoms with Gasteiger partial charge in [0.2, 0.25) is 5.88 Å². The summed E-state index contributed by atoms with van der Waals surface area (Å²) in [6.07, 6.45) is 6.96. The van der Waals surface area contributed by atoms with E-state index in [1.165, 1.54) is 48.9 Å². The lowest BCUT2D eigenvalue weighted by Crippen LogP contribution is -2.61. The number of aromatic amines is 1. The van der Waals surface area contributed by atoms with Crippen molar-refractivity contribution in [1.29, 1.82) is 0 Å². The second kappa shape index (κ2) is 5.58. The van der Waals surface area contributed by atoms with Crippen LogP contribution >= 0.6 is 0 Å². The second-order valence-corrected chi connectivity index (χ2v) is 8.32. The fourth-order valence-electron chi connectivity index (χ4n) is 5.55. The molecule has 5 heterocycles. The highest BCUT2D eigenvalue weighted by molar-refractivity contribution is 5.84. The highest BCUT2D eigenvalue weighted by Gasteiger charge is 2.48. The Kier molecular flexibility index (Phi) is 3.18. The van der Waals surface area contributed by atoms with Gasteiger partial charge in [-0.3, -0.25) is 0 Å². The number of rotatable bonds is 3. The monoisotopic (exact) mass is 345 g/mol. The summed E-state index contributed by atoms with van der Waals surface area (Å²) in [7, 11) is 0. The summed E-state index contributed by atoms with van der Waals surface area (Å²) in [6.45, 7) is 3.75.